The fourth-order valence-electron chi connectivity index (χ4n) is 2.96. The second-order valence-electron chi connectivity index (χ2n) is 5.68. The molecule has 1 aliphatic heterocycles. The third-order valence-corrected chi connectivity index (χ3v) is 5.29. The predicted molar refractivity (Wildman–Crippen MR) is 93.6 cm³/mol. The number of rotatable bonds is 2. The van der Waals surface area contributed by atoms with Gasteiger partial charge in [0.2, 0.25) is 0 Å². The molecule has 1 N–H and O–H groups in total. The van der Waals surface area contributed by atoms with Gasteiger partial charge in [-0.1, -0.05) is 11.6 Å². The molecule has 0 unspecified atom stereocenters. The smallest absolute Gasteiger partial charge is 0.133 e. The molecule has 0 saturated heterocycles. The van der Waals surface area contributed by atoms with Crippen molar-refractivity contribution in [1.82, 2.24) is 9.78 Å². The van der Waals surface area contributed by atoms with Crippen molar-refractivity contribution in [3.63, 3.8) is 0 Å². The van der Waals surface area contributed by atoms with Gasteiger partial charge in [-0.05, 0) is 61.0 Å². The third-order valence-electron chi connectivity index (χ3n) is 4.00. The van der Waals surface area contributed by atoms with Crippen LogP contribution in [0.3, 0.4) is 0 Å². The van der Waals surface area contributed by atoms with E-state index >= 15 is 0 Å². The molecule has 0 fully saturated rings. The van der Waals surface area contributed by atoms with Crippen LogP contribution in [0.1, 0.15) is 16.7 Å². The van der Waals surface area contributed by atoms with Gasteiger partial charge in [0.25, 0.3) is 0 Å². The Kier molecular flexibility index (Phi) is 3.24. The van der Waals surface area contributed by atoms with Gasteiger partial charge in [-0.3, -0.25) is 0 Å². The average Bonchev–Trinajstić information content (AvgIpc) is 3.15. The molecule has 3 aromatic rings. The number of hydrogen-bond acceptors (Lipinski definition) is 3. The van der Waals surface area contributed by atoms with Crippen LogP contribution in [0.2, 0.25) is 5.02 Å². The number of nitrogens with zero attached hydrogens (tertiary/aromatic N) is 2. The van der Waals surface area contributed by atoms with Crippen LogP contribution in [-0.4, -0.2) is 16.3 Å². The van der Waals surface area contributed by atoms with Gasteiger partial charge >= 0.3 is 0 Å². The topological polar surface area (TPSA) is 29.9 Å². The Morgan fingerprint density at radius 3 is 2.86 bits per heavy atom. The highest BCUT2D eigenvalue weighted by atomic mass is 35.5. The fraction of sp³-hybridized carbons (Fsp3) is 0.235. The number of fused-ring (bicyclic) bond motifs is 1. The van der Waals surface area contributed by atoms with Gasteiger partial charge in [-0.2, -0.15) is 5.10 Å². The summed E-state index contributed by atoms with van der Waals surface area (Å²) in [6, 6.07) is 8.15. The average molecular weight is 330 g/mol. The monoisotopic (exact) mass is 329 g/mol. The van der Waals surface area contributed by atoms with E-state index in [0.717, 1.165) is 40.8 Å². The van der Waals surface area contributed by atoms with Crippen molar-refractivity contribution >= 4 is 28.8 Å². The molecule has 1 aromatic carbocycles. The third kappa shape index (κ3) is 2.14. The van der Waals surface area contributed by atoms with Gasteiger partial charge in [0.1, 0.15) is 11.5 Å². The number of benzene rings is 1. The second kappa shape index (κ2) is 5.14. The highest BCUT2D eigenvalue weighted by Crippen LogP contribution is 2.37. The zero-order chi connectivity index (χ0) is 15.3. The molecule has 22 heavy (non-hydrogen) atoms. The normalized spacial score (nSPS) is 13.2. The summed E-state index contributed by atoms with van der Waals surface area (Å²) in [5, 5.41) is 11.3. The first kappa shape index (κ1) is 13.9. The lowest BCUT2D eigenvalue weighted by Gasteiger charge is -2.09. The van der Waals surface area contributed by atoms with E-state index in [0.29, 0.717) is 0 Å². The highest BCUT2D eigenvalue weighted by molar-refractivity contribution is 7.13. The van der Waals surface area contributed by atoms with Gasteiger partial charge in [-0.15, -0.1) is 11.3 Å². The number of halogens is 1. The minimum Gasteiger partial charge on any atom is -0.369 e. The van der Waals surface area contributed by atoms with Crippen LogP contribution < -0.4 is 5.32 Å². The van der Waals surface area contributed by atoms with E-state index in [1.165, 1.54) is 16.0 Å². The molecule has 3 heterocycles. The number of thiophene rings is 1. The first-order chi connectivity index (χ1) is 10.6. The highest BCUT2D eigenvalue weighted by Gasteiger charge is 2.25. The van der Waals surface area contributed by atoms with Crippen LogP contribution >= 0.6 is 22.9 Å². The van der Waals surface area contributed by atoms with Crippen molar-refractivity contribution in [2.24, 2.45) is 0 Å². The molecule has 2 aromatic heterocycles. The minimum atomic E-state index is 0.757. The van der Waals surface area contributed by atoms with Gasteiger partial charge < -0.3 is 5.32 Å². The Morgan fingerprint density at radius 1 is 1.27 bits per heavy atom. The van der Waals surface area contributed by atoms with Crippen molar-refractivity contribution < 1.29 is 0 Å². The van der Waals surface area contributed by atoms with Crippen molar-refractivity contribution in [3.05, 3.63) is 51.4 Å². The van der Waals surface area contributed by atoms with E-state index in [9.17, 15) is 0 Å². The summed E-state index contributed by atoms with van der Waals surface area (Å²) in [6.45, 7) is 5.16. The number of hydrogen-bond donors (Lipinski definition) is 1. The molecule has 0 amide bonds. The maximum absolute atomic E-state index is 6.08. The lowest BCUT2D eigenvalue weighted by molar-refractivity contribution is 0.876. The molecule has 0 spiro atoms. The zero-order valence-electron chi connectivity index (χ0n) is 12.5. The summed E-state index contributed by atoms with van der Waals surface area (Å²) in [4.78, 5) is 1.24. The largest absolute Gasteiger partial charge is 0.369 e. The number of aryl methyl sites for hydroxylation is 2. The molecular formula is C17H16ClN3S. The summed E-state index contributed by atoms with van der Waals surface area (Å²) in [6.07, 6.45) is 1.02. The summed E-state index contributed by atoms with van der Waals surface area (Å²) < 4.78 is 2.03. The van der Waals surface area contributed by atoms with E-state index in [4.69, 9.17) is 16.7 Å². The van der Waals surface area contributed by atoms with Crippen molar-refractivity contribution in [2.75, 3.05) is 11.9 Å². The minimum absolute atomic E-state index is 0.757. The first-order valence-corrected chi connectivity index (χ1v) is 8.57. The molecule has 0 saturated carbocycles. The van der Waals surface area contributed by atoms with E-state index in [1.54, 1.807) is 11.3 Å². The molecule has 0 radical (unpaired) electrons. The molecule has 3 nitrogen and oxygen atoms in total. The van der Waals surface area contributed by atoms with E-state index < -0.39 is 0 Å². The van der Waals surface area contributed by atoms with Crippen molar-refractivity contribution in [1.29, 1.82) is 0 Å². The second-order valence-corrected chi connectivity index (χ2v) is 7.03. The van der Waals surface area contributed by atoms with Crippen LogP contribution in [-0.2, 0) is 6.42 Å². The van der Waals surface area contributed by atoms with E-state index in [2.05, 4.69) is 30.6 Å². The van der Waals surface area contributed by atoms with Crippen LogP contribution in [0.5, 0.6) is 0 Å². The zero-order valence-corrected chi connectivity index (χ0v) is 14.1. The van der Waals surface area contributed by atoms with Gasteiger partial charge in [0, 0.05) is 17.1 Å². The summed E-state index contributed by atoms with van der Waals surface area (Å²) in [5.41, 5.74) is 5.91. The van der Waals surface area contributed by atoms with Gasteiger partial charge in [0.15, 0.2) is 0 Å². The van der Waals surface area contributed by atoms with Gasteiger partial charge in [-0.25, -0.2) is 4.68 Å². The molecule has 5 heteroatoms. The molecule has 4 rings (SSSR count). The molecule has 112 valence electrons. The Hall–Kier alpha value is -1.78. The van der Waals surface area contributed by atoms with Gasteiger partial charge in [0.05, 0.1) is 10.6 Å². The van der Waals surface area contributed by atoms with Crippen LogP contribution in [0.25, 0.3) is 16.3 Å². The Labute approximate surface area is 138 Å². The number of anilines is 1. The van der Waals surface area contributed by atoms with Crippen molar-refractivity contribution in [2.45, 2.75) is 20.3 Å². The Bertz CT molecular complexity index is 863. The quantitative estimate of drug-likeness (QED) is 0.729. The van der Waals surface area contributed by atoms with Crippen molar-refractivity contribution in [3.8, 4) is 16.3 Å². The molecular weight excluding hydrogens is 314 g/mol. The SMILES string of the molecule is Cc1csc(-c2nn(-c3ccc(Cl)cc3C)c3c2CCN3)c1. The Morgan fingerprint density at radius 2 is 2.14 bits per heavy atom. The number of nitrogens with one attached hydrogen (secondary N) is 1. The molecule has 0 bridgehead atoms. The summed E-state index contributed by atoms with van der Waals surface area (Å²) in [5.74, 6) is 1.12. The lowest BCUT2D eigenvalue weighted by Crippen LogP contribution is -2.05. The van der Waals surface area contributed by atoms with Crippen LogP contribution in [0, 0.1) is 13.8 Å². The molecule has 0 aliphatic carbocycles. The maximum Gasteiger partial charge on any atom is 0.133 e. The maximum atomic E-state index is 6.08. The predicted octanol–water partition coefficient (Wildman–Crippen LogP) is 4.84. The van der Waals surface area contributed by atoms with E-state index in [-0.39, 0.29) is 0 Å². The fourth-order valence-corrected chi connectivity index (χ4v) is 4.10. The summed E-state index contributed by atoms with van der Waals surface area (Å²) in [7, 11) is 0. The molecule has 0 atom stereocenters. The Balaban J connectivity index is 1.91. The van der Waals surface area contributed by atoms with Crippen LogP contribution in [0.15, 0.2) is 29.6 Å². The van der Waals surface area contributed by atoms with Crippen LogP contribution in [0.4, 0.5) is 5.82 Å². The number of aromatic nitrogens is 2. The molecule has 1 aliphatic rings. The first-order valence-electron chi connectivity index (χ1n) is 7.31. The lowest BCUT2D eigenvalue weighted by atomic mass is 10.1. The van der Waals surface area contributed by atoms with E-state index in [1.807, 2.05) is 22.9 Å². The standard InChI is InChI=1S/C17H16ClN3S/c1-10-7-15(22-9-10)16-13-5-6-19-17(13)21(20-16)14-4-3-12(18)8-11(14)2/h3-4,7-9,19H,5-6H2,1-2H3. The summed E-state index contributed by atoms with van der Waals surface area (Å²) >= 11 is 7.84.